The molecule has 0 saturated heterocycles. The van der Waals surface area contributed by atoms with Gasteiger partial charge in [0.15, 0.2) is 0 Å². The molecule has 16 heavy (non-hydrogen) atoms. The Morgan fingerprint density at radius 1 is 1.50 bits per heavy atom. The van der Waals surface area contributed by atoms with Crippen molar-refractivity contribution in [3.05, 3.63) is 23.3 Å². The Morgan fingerprint density at radius 3 is 2.69 bits per heavy atom. The Kier molecular flexibility index (Phi) is 4.17. The summed E-state index contributed by atoms with van der Waals surface area (Å²) < 4.78 is 4.65. The number of carbonyl (C=O) groups is 1. The number of ether oxygens (including phenoxy) is 1. The second kappa shape index (κ2) is 5.39. The van der Waals surface area contributed by atoms with Crippen LogP contribution < -0.4 is 11.1 Å². The van der Waals surface area contributed by atoms with Gasteiger partial charge in [-0.1, -0.05) is 6.92 Å². The Hall–Kier alpha value is -1.71. The number of hydrogen-bond donors (Lipinski definition) is 2. The SMILES string of the molecule is CCCNc1c(C)cc(C(=O)OC)cc1N. The van der Waals surface area contributed by atoms with Crippen LogP contribution in [-0.2, 0) is 4.74 Å². The van der Waals surface area contributed by atoms with Crippen molar-refractivity contribution < 1.29 is 9.53 Å². The number of anilines is 2. The highest BCUT2D eigenvalue weighted by Gasteiger charge is 2.10. The molecule has 0 spiro atoms. The van der Waals surface area contributed by atoms with E-state index in [0.29, 0.717) is 11.3 Å². The molecule has 1 aromatic rings. The van der Waals surface area contributed by atoms with Gasteiger partial charge < -0.3 is 15.8 Å². The summed E-state index contributed by atoms with van der Waals surface area (Å²) in [6.07, 6.45) is 1.03. The minimum Gasteiger partial charge on any atom is -0.465 e. The van der Waals surface area contributed by atoms with Crippen LogP contribution in [0.4, 0.5) is 11.4 Å². The molecule has 0 atom stereocenters. The summed E-state index contributed by atoms with van der Waals surface area (Å²) in [5.41, 5.74) is 8.80. The lowest BCUT2D eigenvalue weighted by Gasteiger charge is -2.13. The van der Waals surface area contributed by atoms with Crippen LogP contribution in [0.3, 0.4) is 0 Å². The molecule has 0 saturated carbocycles. The summed E-state index contributed by atoms with van der Waals surface area (Å²) in [4.78, 5) is 11.3. The van der Waals surface area contributed by atoms with E-state index in [1.807, 2.05) is 6.92 Å². The summed E-state index contributed by atoms with van der Waals surface area (Å²) >= 11 is 0. The van der Waals surface area contributed by atoms with Gasteiger partial charge in [-0.2, -0.15) is 0 Å². The number of aryl methyl sites for hydroxylation is 1. The van der Waals surface area contributed by atoms with E-state index in [9.17, 15) is 4.79 Å². The number of carbonyl (C=O) groups excluding carboxylic acids is 1. The van der Waals surface area contributed by atoms with Crippen LogP contribution in [-0.4, -0.2) is 19.6 Å². The van der Waals surface area contributed by atoms with Crippen LogP contribution >= 0.6 is 0 Å². The maximum atomic E-state index is 11.3. The van der Waals surface area contributed by atoms with Crippen LogP contribution in [0, 0.1) is 6.92 Å². The highest BCUT2D eigenvalue weighted by molar-refractivity contribution is 5.92. The molecule has 0 bridgehead atoms. The molecule has 0 amide bonds. The fourth-order valence-corrected chi connectivity index (χ4v) is 1.54. The number of methoxy groups -OCH3 is 1. The number of nitrogen functional groups attached to an aromatic ring is 1. The van der Waals surface area contributed by atoms with Gasteiger partial charge in [-0.15, -0.1) is 0 Å². The Bertz CT molecular complexity index is 366. The number of esters is 1. The van der Waals surface area contributed by atoms with Gasteiger partial charge in [0.1, 0.15) is 0 Å². The second-order valence-electron chi connectivity index (χ2n) is 3.68. The predicted molar refractivity (Wildman–Crippen MR) is 65.7 cm³/mol. The molecular formula is C12H18N2O2. The van der Waals surface area contributed by atoms with Crippen molar-refractivity contribution in [2.24, 2.45) is 0 Å². The molecule has 4 nitrogen and oxygen atoms in total. The number of hydrogen-bond acceptors (Lipinski definition) is 4. The van der Waals surface area contributed by atoms with Gasteiger partial charge in [-0.3, -0.25) is 0 Å². The monoisotopic (exact) mass is 222 g/mol. The van der Waals surface area contributed by atoms with Crippen LogP contribution in [0.5, 0.6) is 0 Å². The van der Waals surface area contributed by atoms with E-state index in [-0.39, 0.29) is 5.97 Å². The highest BCUT2D eigenvalue weighted by Crippen LogP contribution is 2.25. The minimum atomic E-state index is -0.364. The fourth-order valence-electron chi connectivity index (χ4n) is 1.54. The van der Waals surface area contributed by atoms with Crippen molar-refractivity contribution in [3.63, 3.8) is 0 Å². The molecule has 3 N–H and O–H groups in total. The molecule has 0 fully saturated rings. The first-order valence-electron chi connectivity index (χ1n) is 5.32. The first-order valence-corrected chi connectivity index (χ1v) is 5.32. The van der Waals surface area contributed by atoms with Crippen molar-refractivity contribution >= 4 is 17.3 Å². The number of rotatable bonds is 4. The van der Waals surface area contributed by atoms with Crippen molar-refractivity contribution in [2.45, 2.75) is 20.3 Å². The summed E-state index contributed by atoms with van der Waals surface area (Å²) in [7, 11) is 1.36. The lowest BCUT2D eigenvalue weighted by molar-refractivity contribution is 0.0600. The Labute approximate surface area is 95.8 Å². The molecule has 0 aromatic heterocycles. The summed E-state index contributed by atoms with van der Waals surface area (Å²) in [6, 6.07) is 3.41. The topological polar surface area (TPSA) is 64.3 Å². The molecule has 88 valence electrons. The van der Waals surface area contributed by atoms with Gasteiger partial charge in [-0.25, -0.2) is 4.79 Å². The molecule has 0 aliphatic carbocycles. The van der Waals surface area contributed by atoms with Gasteiger partial charge in [-0.05, 0) is 31.0 Å². The number of nitrogens with one attached hydrogen (secondary N) is 1. The molecule has 4 heteroatoms. The lowest BCUT2D eigenvalue weighted by atomic mass is 10.1. The van der Waals surface area contributed by atoms with E-state index in [0.717, 1.165) is 24.2 Å². The quantitative estimate of drug-likeness (QED) is 0.605. The van der Waals surface area contributed by atoms with Crippen molar-refractivity contribution in [2.75, 3.05) is 24.7 Å². The third kappa shape index (κ3) is 2.66. The molecule has 0 radical (unpaired) electrons. The maximum absolute atomic E-state index is 11.3. The molecule has 1 aromatic carbocycles. The largest absolute Gasteiger partial charge is 0.465 e. The third-order valence-electron chi connectivity index (χ3n) is 2.34. The van der Waals surface area contributed by atoms with E-state index in [2.05, 4.69) is 17.0 Å². The van der Waals surface area contributed by atoms with Gasteiger partial charge >= 0.3 is 5.97 Å². The smallest absolute Gasteiger partial charge is 0.337 e. The van der Waals surface area contributed by atoms with Gasteiger partial charge in [0.25, 0.3) is 0 Å². The van der Waals surface area contributed by atoms with E-state index in [1.54, 1.807) is 12.1 Å². The predicted octanol–water partition coefficient (Wildman–Crippen LogP) is 2.19. The van der Waals surface area contributed by atoms with Crippen LogP contribution in [0.2, 0.25) is 0 Å². The maximum Gasteiger partial charge on any atom is 0.337 e. The van der Waals surface area contributed by atoms with E-state index < -0.39 is 0 Å². The molecule has 1 rings (SSSR count). The highest BCUT2D eigenvalue weighted by atomic mass is 16.5. The second-order valence-corrected chi connectivity index (χ2v) is 3.68. The molecule has 0 heterocycles. The summed E-state index contributed by atoms with van der Waals surface area (Å²) in [6.45, 7) is 4.87. The number of benzene rings is 1. The minimum absolute atomic E-state index is 0.364. The zero-order valence-corrected chi connectivity index (χ0v) is 9.96. The number of nitrogens with two attached hydrogens (primary N) is 1. The average Bonchev–Trinajstić information content (AvgIpc) is 2.26. The van der Waals surface area contributed by atoms with Crippen LogP contribution in [0.15, 0.2) is 12.1 Å². The van der Waals surface area contributed by atoms with Crippen molar-refractivity contribution in [1.29, 1.82) is 0 Å². The average molecular weight is 222 g/mol. The van der Waals surface area contributed by atoms with Crippen molar-refractivity contribution in [3.8, 4) is 0 Å². The summed E-state index contributed by atoms with van der Waals surface area (Å²) in [5, 5.41) is 3.24. The van der Waals surface area contributed by atoms with Gasteiger partial charge in [0, 0.05) is 6.54 Å². The standard InChI is InChI=1S/C12H18N2O2/c1-4-5-14-11-8(2)6-9(7-10(11)13)12(15)16-3/h6-7,14H,4-5,13H2,1-3H3. The zero-order valence-electron chi connectivity index (χ0n) is 9.96. The summed E-state index contributed by atoms with van der Waals surface area (Å²) in [5.74, 6) is -0.364. The van der Waals surface area contributed by atoms with Crippen LogP contribution in [0.1, 0.15) is 29.3 Å². The van der Waals surface area contributed by atoms with Gasteiger partial charge in [0.2, 0.25) is 0 Å². The molecule has 0 aliphatic heterocycles. The van der Waals surface area contributed by atoms with Crippen molar-refractivity contribution in [1.82, 2.24) is 0 Å². The first-order chi connectivity index (χ1) is 7.60. The Balaban J connectivity index is 3.02. The van der Waals surface area contributed by atoms with Gasteiger partial charge in [0.05, 0.1) is 24.0 Å². The molecule has 0 aliphatic rings. The van der Waals surface area contributed by atoms with E-state index in [4.69, 9.17) is 5.73 Å². The van der Waals surface area contributed by atoms with E-state index in [1.165, 1.54) is 7.11 Å². The third-order valence-corrected chi connectivity index (χ3v) is 2.34. The molecule has 0 unspecified atom stereocenters. The molecular weight excluding hydrogens is 204 g/mol. The zero-order chi connectivity index (χ0) is 12.1. The lowest BCUT2D eigenvalue weighted by Crippen LogP contribution is -2.08. The first kappa shape index (κ1) is 12.4. The Morgan fingerprint density at radius 2 is 2.19 bits per heavy atom. The fraction of sp³-hybridized carbons (Fsp3) is 0.417. The van der Waals surface area contributed by atoms with E-state index >= 15 is 0 Å². The normalized spacial score (nSPS) is 9.94. The van der Waals surface area contributed by atoms with Crippen LogP contribution in [0.25, 0.3) is 0 Å².